The van der Waals surface area contributed by atoms with Gasteiger partial charge >= 0.3 is 5.97 Å². The molecule has 0 aromatic rings. The normalized spacial score (nSPS) is 34.3. The second kappa shape index (κ2) is 7.33. The molecule has 0 N–H and O–H groups in total. The molecular formula is C18H25N3O5S. The summed E-state index contributed by atoms with van der Waals surface area (Å²) in [5, 5.41) is 0.0213. The van der Waals surface area contributed by atoms with Crippen LogP contribution in [0.2, 0.25) is 0 Å². The molecule has 4 aliphatic heterocycles. The monoisotopic (exact) mass is 395 g/mol. The van der Waals surface area contributed by atoms with Crippen LogP contribution in [0.15, 0.2) is 0 Å². The Hall–Kier alpha value is -1.77. The summed E-state index contributed by atoms with van der Waals surface area (Å²) in [7, 11) is 1.32. The highest BCUT2D eigenvalue weighted by Gasteiger charge is 2.48. The standard InChI is InChI=1S/C18H25N3O5S/c1-26-18(25)14-8-11-9-21(14)17(24)13-5-3-7-20(13)16(23)12-4-2-6-19(12)15(22)10-27-11/h11-14H,2-10H2,1H3. The van der Waals surface area contributed by atoms with Gasteiger partial charge in [0.05, 0.1) is 12.9 Å². The van der Waals surface area contributed by atoms with Crippen molar-refractivity contribution in [3.8, 4) is 0 Å². The first kappa shape index (κ1) is 18.6. The maximum absolute atomic E-state index is 13.3. The van der Waals surface area contributed by atoms with Crippen LogP contribution in [0.3, 0.4) is 0 Å². The molecule has 8 nitrogen and oxygen atoms in total. The number of carbonyl (C=O) groups excluding carboxylic acids is 4. The molecule has 0 aromatic heterocycles. The predicted molar refractivity (Wildman–Crippen MR) is 97.9 cm³/mol. The van der Waals surface area contributed by atoms with Crippen LogP contribution in [-0.2, 0) is 23.9 Å². The Morgan fingerprint density at radius 3 is 2.33 bits per heavy atom. The quantitative estimate of drug-likeness (QED) is 0.575. The Labute approximate surface area is 162 Å². The highest BCUT2D eigenvalue weighted by molar-refractivity contribution is 8.00. The number of hydrogen-bond donors (Lipinski definition) is 0. The van der Waals surface area contributed by atoms with Gasteiger partial charge in [-0.2, -0.15) is 0 Å². The summed E-state index contributed by atoms with van der Waals surface area (Å²) >= 11 is 1.48. The van der Waals surface area contributed by atoms with Gasteiger partial charge in [-0.15, -0.1) is 11.8 Å². The lowest BCUT2D eigenvalue weighted by atomic mass is 10.1. The average Bonchev–Trinajstić information content (AvgIpc) is 3.42. The molecule has 4 fully saturated rings. The first-order valence-electron chi connectivity index (χ1n) is 9.61. The van der Waals surface area contributed by atoms with Gasteiger partial charge in [-0.25, -0.2) is 4.79 Å². The highest BCUT2D eigenvalue weighted by Crippen LogP contribution is 2.33. The van der Waals surface area contributed by atoms with E-state index in [2.05, 4.69) is 0 Å². The van der Waals surface area contributed by atoms with Gasteiger partial charge in [0.1, 0.15) is 18.1 Å². The van der Waals surface area contributed by atoms with Crippen LogP contribution in [0.4, 0.5) is 0 Å². The van der Waals surface area contributed by atoms with Crippen molar-refractivity contribution < 1.29 is 23.9 Å². The molecule has 9 heteroatoms. The third kappa shape index (κ3) is 3.19. The molecule has 0 radical (unpaired) electrons. The number of esters is 1. The molecule has 4 heterocycles. The summed E-state index contributed by atoms with van der Waals surface area (Å²) in [5.41, 5.74) is 0. The third-order valence-electron chi connectivity index (χ3n) is 6.14. The van der Waals surface area contributed by atoms with Crippen molar-refractivity contribution in [2.24, 2.45) is 0 Å². The van der Waals surface area contributed by atoms with Crippen LogP contribution < -0.4 is 0 Å². The molecular weight excluding hydrogens is 370 g/mol. The number of carbonyl (C=O) groups is 4. The number of methoxy groups -OCH3 is 1. The van der Waals surface area contributed by atoms with Crippen molar-refractivity contribution in [2.45, 2.75) is 55.5 Å². The number of hydrogen-bond acceptors (Lipinski definition) is 6. The minimum absolute atomic E-state index is 0.0213. The van der Waals surface area contributed by atoms with E-state index >= 15 is 0 Å². The van der Waals surface area contributed by atoms with E-state index in [4.69, 9.17) is 4.74 Å². The lowest BCUT2D eigenvalue weighted by Crippen LogP contribution is -2.55. The summed E-state index contributed by atoms with van der Waals surface area (Å²) in [4.78, 5) is 56.3. The number of thioether (sulfide) groups is 1. The van der Waals surface area contributed by atoms with E-state index in [0.717, 1.165) is 12.8 Å². The van der Waals surface area contributed by atoms with Gasteiger partial charge in [0.15, 0.2) is 0 Å². The Bertz CT molecular complexity index is 671. The van der Waals surface area contributed by atoms with Gasteiger partial charge in [0.2, 0.25) is 17.7 Å². The van der Waals surface area contributed by atoms with Crippen LogP contribution in [0.25, 0.3) is 0 Å². The van der Waals surface area contributed by atoms with Crippen molar-refractivity contribution in [2.75, 3.05) is 32.5 Å². The average molecular weight is 395 g/mol. The van der Waals surface area contributed by atoms with E-state index in [0.29, 0.717) is 38.9 Å². The van der Waals surface area contributed by atoms with Gasteiger partial charge in [-0.05, 0) is 32.1 Å². The molecule has 0 spiro atoms. The summed E-state index contributed by atoms with van der Waals surface area (Å²) in [6.45, 7) is 1.55. The van der Waals surface area contributed by atoms with E-state index in [-0.39, 0.29) is 28.7 Å². The maximum atomic E-state index is 13.3. The van der Waals surface area contributed by atoms with Crippen molar-refractivity contribution in [3.05, 3.63) is 0 Å². The zero-order valence-electron chi connectivity index (χ0n) is 15.5. The van der Waals surface area contributed by atoms with Crippen LogP contribution >= 0.6 is 11.8 Å². The molecule has 4 atom stereocenters. The van der Waals surface area contributed by atoms with E-state index in [1.54, 1.807) is 14.7 Å². The number of nitrogens with zero attached hydrogens (tertiary/aromatic N) is 3. The van der Waals surface area contributed by atoms with Crippen LogP contribution in [-0.4, -0.2) is 94.3 Å². The minimum Gasteiger partial charge on any atom is -0.467 e. The zero-order chi connectivity index (χ0) is 19.1. The molecule has 4 rings (SSSR count). The first-order chi connectivity index (χ1) is 13.0. The molecule has 27 heavy (non-hydrogen) atoms. The van der Waals surface area contributed by atoms with E-state index in [1.165, 1.54) is 18.9 Å². The van der Waals surface area contributed by atoms with Crippen molar-refractivity contribution in [1.82, 2.24) is 14.7 Å². The van der Waals surface area contributed by atoms with Gasteiger partial charge < -0.3 is 19.4 Å². The molecule has 0 saturated carbocycles. The fourth-order valence-corrected chi connectivity index (χ4v) is 5.91. The molecule has 0 aromatic carbocycles. The van der Waals surface area contributed by atoms with Crippen LogP contribution in [0, 0.1) is 0 Å². The number of rotatable bonds is 1. The summed E-state index contributed by atoms with van der Waals surface area (Å²) < 4.78 is 4.90. The Kier molecular flexibility index (Phi) is 5.05. The Morgan fingerprint density at radius 2 is 1.63 bits per heavy atom. The summed E-state index contributed by atoms with van der Waals surface area (Å²) in [6, 6.07) is -1.62. The smallest absolute Gasteiger partial charge is 0.328 e. The summed E-state index contributed by atoms with van der Waals surface area (Å²) in [5.74, 6) is -0.451. The number of fused-ring (bicyclic) bond motifs is 4. The van der Waals surface area contributed by atoms with Gasteiger partial charge in [0.25, 0.3) is 0 Å². The SMILES string of the molecule is COC(=O)C1CC2CN1C(=O)C1CCCN1C(=O)C1CCCN1C(=O)CS2. The highest BCUT2D eigenvalue weighted by atomic mass is 32.2. The second-order valence-electron chi connectivity index (χ2n) is 7.63. The first-order valence-corrected chi connectivity index (χ1v) is 10.7. The topological polar surface area (TPSA) is 87.2 Å². The predicted octanol–water partition coefficient (Wildman–Crippen LogP) is -0.142. The van der Waals surface area contributed by atoms with E-state index < -0.39 is 24.1 Å². The van der Waals surface area contributed by atoms with E-state index in [1.807, 2.05) is 0 Å². The largest absolute Gasteiger partial charge is 0.467 e. The molecule has 3 amide bonds. The summed E-state index contributed by atoms with van der Waals surface area (Å²) in [6.07, 6.45) is 3.33. The third-order valence-corrected chi connectivity index (χ3v) is 7.37. The van der Waals surface area contributed by atoms with Crippen LogP contribution in [0.1, 0.15) is 32.1 Å². The second-order valence-corrected chi connectivity index (χ2v) is 8.92. The maximum Gasteiger partial charge on any atom is 0.328 e. The molecule has 4 aliphatic rings. The zero-order valence-corrected chi connectivity index (χ0v) is 16.3. The molecule has 148 valence electrons. The lowest BCUT2D eigenvalue weighted by molar-refractivity contribution is -0.154. The van der Waals surface area contributed by atoms with Gasteiger partial charge in [0, 0.05) is 24.9 Å². The Balaban J connectivity index is 1.67. The van der Waals surface area contributed by atoms with Crippen molar-refractivity contribution in [1.29, 1.82) is 0 Å². The fourth-order valence-electron chi connectivity index (χ4n) is 4.79. The molecule has 4 unspecified atom stereocenters. The van der Waals surface area contributed by atoms with Crippen LogP contribution in [0.5, 0.6) is 0 Å². The molecule has 2 bridgehead atoms. The van der Waals surface area contributed by atoms with Crippen molar-refractivity contribution >= 4 is 35.5 Å². The fraction of sp³-hybridized carbons (Fsp3) is 0.778. The number of ether oxygens (including phenoxy) is 1. The lowest BCUT2D eigenvalue weighted by Gasteiger charge is -2.34. The Morgan fingerprint density at radius 1 is 1.00 bits per heavy atom. The minimum atomic E-state index is -0.631. The van der Waals surface area contributed by atoms with E-state index in [9.17, 15) is 19.2 Å². The van der Waals surface area contributed by atoms with Gasteiger partial charge in [-0.3, -0.25) is 14.4 Å². The van der Waals surface area contributed by atoms with Crippen molar-refractivity contribution in [3.63, 3.8) is 0 Å². The molecule has 0 aliphatic carbocycles. The van der Waals surface area contributed by atoms with Gasteiger partial charge in [-0.1, -0.05) is 0 Å². The number of amides is 3. The molecule has 4 saturated heterocycles.